The number of hydrogen-bond acceptors (Lipinski definition) is 4. The van der Waals surface area contributed by atoms with Crippen molar-refractivity contribution in [1.29, 1.82) is 0 Å². The summed E-state index contributed by atoms with van der Waals surface area (Å²) < 4.78 is 6.08. The molecule has 1 aliphatic heterocycles. The van der Waals surface area contributed by atoms with Gasteiger partial charge in [-0.25, -0.2) is 9.78 Å². The normalized spacial score (nSPS) is 15.7. The van der Waals surface area contributed by atoms with Crippen LogP contribution in [0, 0.1) is 0 Å². The van der Waals surface area contributed by atoms with Crippen molar-refractivity contribution in [2.45, 2.75) is 18.9 Å². The number of nitrogens with zero attached hydrogens (tertiary/aromatic N) is 3. The molecule has 5 rings (SSSR count). The first kappa shape index (κ1) is 21.3. The molecular formula is C26H25ClN4O2. The quantitative estimate of drug-likeness (QED) is 0.373. The maximum atomic E-state index is 12.9. The van der Waals surface area contributed by atoms with Crippen molar-refractivity contribution in [1.82, 2.24) is 9.88 Å². The molecule has 1 aliphatic rings. The molecule has 1 saturated heterocycles. The van der Waals surface area contributed by atoms with E-state index in [1.165, 1.54) is 0 Å². The third kappa shape index (κ3) is 4.39. The van der Waals surface area contributed by atoms with Gasteiger partial charge in [-0.1, -0.05) is 35.9 Å². The molecule has 6 nitrogen and oxygen atoms in total. The predicted octanol–water partition coefficient (Wildman–Crippen LogP) is 6.58. The Labute approximate surface area is 197 Å². The summed E-state index contributed by atoms with van der Waals surface area (Å²) in [7, 11) is 4.05. The maximum absolute atomic E-state index is 12.9. The van der Waals surface area contributed by atoms with Gasteiger partial charge in [0.2, 0.25) is 5.89 Å². The number of rotatable bonds is 4. The van der Waals surface area contributed by atoms with Crippen LogP contribution < -0.4 is 10.2 Å². The molecule has 1 fully saturated rings. The molecule has 0 spiro atoms. The first-order valence-corrected chi connectivity index (χ1v) is 11.4. The number of urea groups is 1. The molecule has 4 aromatic rings. The zero-order valence-electron chi connectivity index (χ0n) is 18.6. The highest BCUT2D eigenvalue weighted by atomic mass is 35.5. The molecule has 1 aromatic heterocycles. The van der Waals surface area contributed by atoms with E-state index in [-0.39, 0.29) is 12.1 Å². The molecule has 0 aliphatic carbocycles. The zero-order valence-corrected chi connectivity index (χ0v) is 19.3. The number of carbonyl (C=O) groups is 1. The lowest BCUT2D eigenvalue weighted by Crippen LogP contribution is -2.34. The van der Waals surface area contributed by atoms with E-state index in [1.54, 1.807) is 17.0 Å². The lowest BCUT2D eigenvalue weighted by molar-refractivity contribution is 0.199. The van der Waals surface area contributed by atoms with Crippen LogP contribution in [0.4, 0.5) is 16.2 Å². The molecular weight excluding hydrogens is 436 g/mol. The van der Waals surface area contributed by atoms with Gasteiger partial charge in [0, 0.05) is 37.0 Å². The van der Waals surface area contributed by atoms with Gasteiger partial charge in [0.15, 0.2) is 5.58 Å². The van der Waals surface area contributed by atoms with Crippen LogP contribution in [-0.4, -0.2) is 36.6 Å². The van der Waals surface area contributed by atoms with Crippen LogP contribution in [0.3, 0.4) is 0 Å². The lowest BCUT2D eigenvalue weighted by Gasteiger charge is -2.22. The third-order valence-corrected chi connectivity index (χ3v) is 6.23. The monoisotopic (exact) mass is 460 g/mol. The Morgan fingerprint density at radius 1 is 1.09 bits per heavy atom. The summed E-state index contributed by atoms with van der Waals surface area (Å²) in [5.41, 5.74) is 5.54. The molecule has 0 radical (unpaired) electrons. The summed E-state index contributed by atoms with van der Waals surface area (Å²) in [5, 5.41) is 3.51. The average molecular weight is 461 g/mol. The summed E-state index contributed by atoms with van der Waals surface area (Å²) in [5.74, 6) is 0.573. The Kier molecular flexibility index (Phi) is 5.68. The molecule has 7 heteroatoms. The van der Waals surface area contributed by atoms with Crippen molar-refractivity contribution < 1.29 is 9.21 Å². The van der Waals surface area contributed by atoms with E-state index in [0.29, 0.717) is 23.1 Å². The van der Waals surface area contributed by atoms with E-state index in [2.05, 4.69) is 34.5 Å². The highest BCUT2D eigenvalue weighted by molar-refractivity contribution is 6.30. The molecule has 2 amide bonds. The van der Waals surface area contributed by atoms with E-state index in [1.807, 2.05) is 44.4 Å². The second-order valence-corrected chi connectivity index (χ2v) is 8.90. The molecule has 0 bridgehead atoms. The summed E-state index contributed by atoms with van der Waals surface area (Å²) in [6, 6.07) is 21.2. The largest absolute Gasteiger partial charge is 0.438 e. The number of likely N-dealkylation sites (tertiary alicyclic amines) is 1. The van der Waals surface area contributed by atoms with Gasteiger partial charge in [0.1, 0.15) is 11.6 Å². The van der Waals surface area contributed by atoms with Crippen molar-refractivity contribution in [3.63, 3.8) is 0 Å². The second kappa shape index (κ2) is 8.79. The van der Waals surface area contributed by atoms with E-state index >= 15 is 0 Å². The molecule has 33 heavy (non-hydrogen) atoms. The van der Waals surface area contributed by atoms with Crippen LogP contribution in [0.15, 0.2) is 71.1 Å². The Hall–Kier alpha value is -3.51. The SMILES string of the molecule is CN(C)c1ccc(-c2ccc3oc(C4CCCN4C(=O)Nc4cccc(Cl)c4)nc3c2)cc1. The van der Waals surface area contributed by atoms with Gasteiger partial charge in [-0.3, -0.25) is 0 Å². The van der Waals surface area contributed by atoms with Gasteiger partial charge in [0.05, 0.1) is 0 Å². The van der Waals surface area contributed by atoms with Gasteiger partial charge in [-0.05, 0) is 66.4 Å². The smallest absolute Gasteiger partial charge is 0.322 e. The summed E-state index contributed by atoms with van der Waals surface area (Å²) in [6.45, 7) is 0.652. The first-order valence-electron chi connectivity index (χ1n) is 11.0. The molecule has 168 valence electrons. The van der Waals surface area contributed by atoms with Crippen LogP contribution in [-0.2, 0) is 0 Å². The van der Waals surface area contributed by atoms with Gasteiger partial charge in [-0.15, -0.1) is 0 Å². The van der Waals surface area contributed by atoms with E-state index < -0.39 is 0 Å². The van der Waals surface area contributed by atoms with Crippen LogP contribution in [0.25, 0.3) is 22.2 Å². The van der Waals surface area contributed by atoms with Gasteiger partial charge in [0.25, 0.3) is 0 Å². The first-order chi connectivity index (χ1) is 16.0. The summed E-state index contributed by atoms with van der Waals surface area (Å²) >= 11 is 6.04. The van der Waals surface area contributed by atoms with Crippen molar-refractivity contribution in [2.24, 2.45) is 0 Å². The van der Waals surface area contributed by atoms with Gasteiger partial charge < -0.3 is 19.5 Å². The number of aromatic nitrogens is 1. The van der Waals surface area contributed by atoms with Gasteiger partial charge >= 0.3 is 6.03 Å². The van der Waals surface area contributed by atoms with Crippen LogP contribution >= 0.6 is 11.6 Å². The molecule has 3 aromatic carbocycles. The third-order valence-electron chi connectivity index (χ3n) is 6.00. The number of hydrogen-bond donors (Lipinski definition) is 1. The minimum absolute atomic E-state index is 0.177. The van der Waals surface area contributed by atoms with E-state index in [9.17, 15) is 4.79 Å². The molecule has 1 N–H and O–H groups in total. The maximum Gasteiger partial charge on any atom is 0.322 e. The Morgan fingerprint density at radius 3 is 2.64 bits per heavy atom. The standard InChI is InChI=1S/C26H25ClN4O2/c1-30(2)21-11-8-17(9-12-21)18-10-13-24-22(15-18)29-25(33-24)23-7-4-14-31(23)26(32)28-20-6-3-5-19(27)16-20/h3,5-6,8-13,15-16,23H,4,7,14H2,1-2H3,(H,28,32). The molecule has 1 atom stereocenters. The van der Waals surface area contributed by atoms with Crippen molar-refractivity contribution in [3.05, 3.63) is 77.6 Å². The van der Waals surface area contributed by atoms with E-state index in [0.717, 1.165) is 40.8 Å². The van der Waals surface area contributed by atoms with Gasteiger partial charge in [-0.2, -0.15) is 0 Å². The number of anilines is 2. The molecule has 2 heterocycles. The number of amides is 2. The van der Waals surface area contributed by atoms with Crippen LogP contribution in [0.2, 0.25) is 5.02 Å². The Morgan fingerprint density at radius 2 is 1.88 bits per heavy atom. The fraction of sp³-hybridized carbons (Fsp3) is 0.231. The number of halogens is 1. The number of oxazole rings is 1. The highest BCUT2D eigenvalue weighted by Crippen LogP contribution is 2.35. The Bertz CT molecular complexity index is 1300. The van der Waals surface area contributed by atoms with Crippen molar-refractivity contribution >= 4 is 40.1 Å². The number of benzene rings is 3. The fourth-order valence-electron chi connectivity index (χ4n) is 4.25. The molecule has 0 saturated carbocycles. The highest BCUT2D eigenvalue weighted by Gasteiger charge is 2.33. The minimum Gasteiger partial charge on any atom is -0.438 e. The van der Waals surface area contributed by atoms with E-state index in [4.69, 9.17) is 21.0 Å². The second-order valence-electron chi connectivity index (χ2n) is 8.47. The fourth-order valence-corrected chi connectivity index (χ4v) is 4.44. The minimum atomic E-state index is -0.195. The number of nitrogens with one attached hydrogen (secondary N) is 1. The lowest BCUT2D eigenvalue weighted by atomic mass is 10.0. The predicted molar refractivity (Wildman–Crippen MR) is 133 cm³/mol. The van der Waals surface area contributed by atoms with Crippen molar-refractivity contribution in [3.8, 4) is 11.1 Å². The summed E-state index contributed by atoms with van der Waals surface area (Å²) in [6.07, 6.45) is 1.71. The summed E-state index contributed by atoms with van der Waals surface area (Å²) in [4.78, 5) is 21.6. The number of carbonyl (C=O) groups excluding carboxylic acids is 1. The molecule has 1 unspecified atom stereocenters. The average Bonchev–Trinajstić information content (AvgIpc) is 3.45. The van der Waals surface area contributed by atoms with Crippen LogP contribution in [0.1, 0.15) is 24.8 Å². The zero-order chi connectivity index (χ0) is 22.9. The number of fused-ring (bicyclic) bond motifs is 1. The Balaban J connectivity index is 1.38. The topological polar surface area (TPSA) is 61.6 Å². The van der Waals surface area contributed by atoms with Crippen LogP contribution in [0.5, 0.6) is 0 Å². The van der Waals surface area contributed by atoms with Crippen molar-refractivity contribution in [2.75, 3.05) is 30.9 Å².